The highest BCUT2D eigenvalue weighted by Crippen LogP contribution is 2.51. The Kier molecular flexibility index (Phi) is 3.04. The quantitative estimate of drug-likeness (QED) is 0.600. The molecule has 11 heteroatoms. The number of nitrogens with zero attached hydrogens (tertiary/aromatic N) is 3. The number of fused-ring (bicyclic) bond motifs is 1. The summed E-state index contributed by atoms with van der Waals surface area (Å²) in [5.41, 5.74) is 11.8. The average molecular weight is 311 g/mol. The molecule has 1 aromatic heterocycles. The maximum absolute atomic E-state index is 12.3. The van der Waals surface area contributed by atoms with Crippen LogP contribution in [0.15, 0.2) is 24.5 Å². The van der Waals surface area contributed by atoms with E-state index in [9.17, 15) is 9.36 Å². The minimum atomic E-state index is -3.93. The van der Waals surface area contributed by atoms with Gasteiger partial charge in [0.15, 0.2) is 6.33 Å². The Hall–Kier alpha value is -2.58. The second-order valence-corrected chi connectivity index (χ2v) is 5.59. The number of phosphoric ester groups is 1. The lowest BCUT2D eigenvalue weighted by atomic mass is 10.2. The molecule has 2 heterocycles. The Bertz CT molecular complexity index is 760. The molecule has 1 aliphatic heterocycles. The summed E-state index contributed by atoms with van der Waals surface area (Å²) < 4.78 is 27.6. The zero-order valence-corrected chi connectivity index (χ0v) is 11.4. The molecule has 0 spiro atoms. The first kappa shape index (κ1) is 13.4. The van der Waals surface area contributed by atoms with Gasteiger partial charge in [-0.1, -0.05) is 4.85 Å². The Morgan fingerprint density at radius 2 is 2.29 bits per heavy atom. The van der Waals surface area contributed by atoms with Crippen LogP contribution in [0.5, 0.6) is 5.75 Å². The van der Waals surface area contributed by atoms with Gasteiger partial charge in [-0.15, -0.1) is 5.10 Å². The third-order valence-electron chi connectivity index (χ3n) is 2.55. The topological polar surface area (TPSA) is 145 Å². The molecule has 1 atom stereocenters. The molecule has 0 fully saturated rings. The number of carbonyl (C=O) groups excluding carboxylic acids is 1. The minimum Gasteiger partial charge on any atom is -0.399 e. The van der Waals surface area contributed by atoms with Crippen molar-refractivity contribution in [1.82, 2.24) is 14.9 Å². The Morgan fingerprint density at radius 1 is 1.48 bits per heavy atom. The van der Waals surface area contributed by atoms with Crippen molar-refractivity contribution in [2.45, 2.75) is 6.61 Å². The van der Waals surface area contributed by atoms with E-state index in [-0.39, 0.29) is 12.4 Å². The molecule has 1 unspecified atom stereocenters. The number of rotatable bonds is 3. The summed E-state index contributed by atoms with van der Waals surface area (Å²) in [4.78, 5) is 15.1. The number of aromatic nitrogens is 3. The fraction of sp³-hybridized carbons (Fsp3) is 0.100. The molecule has 1 amide bonds. The lowest BCUT2D eigenvalue weighted by molar-refractivity contribution is 0.0964. The normalized spacial score (nSPS) is 20.4. The molecule has 0 aliphatic carbocycles. The number of nitrogen functional groups attached to an aromatic ring is 1. The Morgan fingerprint density at radius 3 is 3.00 bits per heavy atom. The lowest BCUT2D eigenvalue weighted by Crippen LogP contribution is -2.19. The van der Waals surface area contributed by atoms with Gasteiger partial charge in [0.25, 0.3) is 5.91 Å². The van der Waals surface area contributed by atoms with Crippen molar-refractivity contribution in [2.24, 2.45) is 5.73 Å². The number of nitrogens with two attached hydrogens (primary N) is 2. The molecule has 21 heavy (non-hydrogen) atoms. The zero-order valence-electron chi connectivity index (χ0n) is 10.5. The van der Waals surface area contributed by atoms with Crippen molar-refractivity contribution in [2.75, 3.05) is 5.73 Å². The maximum Gasteiger partial charge on any atom is 0.608 e. The predicted molar refractivity (Wildman–Crippen MR) is 69.0 cm³/mol. The van der Waals surface area contributed by atoms with Crippen LogP contribution in [0.4, 0.5) is 5.69 Å². The van der Waals surface area contributed by atoms with Gasteiger partial charge in [-0.3, -0.25) is 13.9 Å². The van der Waals surface area contributed by atoms with Gasteiger partial charge in [0.1, 0.15) is 5.75 Å². The summed E-state index contributed by atoms with van der Waals surface area (Å²) in [6.07, 6.45) is 1.02. The number of primary amides is 1. The monoisotopic (exact) mass is 311 g/mol. The van der Waals surface area contributed by atoms with Crippen LogP contribution in [0.2, 0.25) is 0 Å². The van der Waals surface area contributed by atoms with Crippen LogP contribution >= 0.6 is 7.82 Å². The first-order valence-corrected chi connectivity index (χ1v) is 7.15. The summed E-state index contributed by atoms with van der Waals surface area (Å²) >= 11 is 0. The summed E-state index contributed by atoms with van der Waals surface area (Å²) in [6, 6.07) is 4.79. The molecule has 2 aromatic rings. The van der Waals surface area contributed by atoms with Crippen molar-refractivity contribution >= 4 is 19.4 Å². The molecular weight excluding hydrogens is 301 g/mol. The smallest absolute Gasteiger partial charge is 0.399 e. The molecule has 4 N–H and O–H groups in total. The molecule has 0 radical (unpaired) electrons. The second kappa shape index (κ2) is 4.76. The number of carbonyl (C=O) groups is 1. The van der Waals surface area contributed by atoms with Crippen LogP contribution < -0.4 is 20.6 Å². The summed E-state index contributed by atoms with van der Waals surface area (Å²) in [7, 11) is -3.93. The molecule has 0 saturated carbocycles. The van der Waals surface area contributed by atoms with Crippen LogP contribution in [0.3, 0.4) is 0 Å². The van der Waals surface area contributed by atoms with Crippen molar-refractivity contribution in [3.05, 3.63) is 35.9 Å². The van der Waals surface area contributed by atoms with E-state index < -0.39 is 13.7 Å². The largest absolute Gasteiger partial charge is 0.608 e. The van der Waals surface area contributed by atoms with E-state index in [1.165, 1.54) is 0 Å². The molecule has 110 valence electrons. The van der Waals surface area contributed by atoms with E-state index in [0.29, 0.717) is 21.8 Å². The van der Waals surface area contributed by atoms with Crippen molar-refractivity contribution < 1.29 is 23.0 Å². The molecule has 1 aromatic carbocycles. The average Bonchev–Trinajstić information content (AvgIpc) is 2.87. The third kappa shape index (κ3) is 2.67. The summed E-state index contributed by atoms with van der Waals surface area (Å²) in [5.74, 6) is -0.803. The van der Waals surface area contributed by atoms with Gasteiger partial charge >= 0.3 is 7.82 Å². The van der Waals surface area contributed by atoms with Crippen LogP contribution in [-0.4, -0.2) is 20.8 Å². The number of hydrogen-bond donors (Lipinski definition) is 2. The van der Waals surface area contributed by atoms with E-state index in [1.54, 1.807) is 18.2 Å². The number of benzene rings is 1. The minimum absolute atomic E-state index is 0.00494. The summed E-state index contributed by atoms with van der Waals surface area (Å²) in [6.45, 7) is -0.00494. The highest BCUT2D eigenvalue weighted by Gasteiger charge is 2.37. The van der Waals surface area contributed by atoms with E-state index in [0.717, 1.165) is 6.33 Å². The fourth-order valence-electron chi connectivity index (χ4n) is 1.64. The van der Waals surface area contributed by atoms with Crippen LogP contribution in [-0.2, 0) is 15.7 Å². The second-order valence-electron chi connectivity index (χ2n) is 4.10. The van der Waals surface area contributed by atoms with Crippen molar-refractivity contribution in [3.63, 3.8) is 0 Å². The molecular formula is C10H10N5O5P. The number of anilines is 1. The van der Waals surface area contributed by atoms with E-state index in [4.69, 9.17) is 25.1 Å². The van der Waals surface area contributed by atoms with Gasteiger partial charge in [0, 0.05) is 11.3 Å². The van der Waals surface area contributed by atoms with Gasteiger partial charge < -0.3 is 16.0 Å². The van der Waals surface area contributed by atoms with Crippen molar-refractivity contribution in [3.8, 4) is 5.75 Å². The molecule has 1 aliphatic rings. The number of amides is 1. The SMILES string of the molecule is NC(=O)c1ncn(OP2(=O)OCc3cc(N)ccc3O2)n1. The van der Waals surface area contributed by atoms with Crippen LogP contribution in [0, 0.1) is 0 Å². The van der Waals surface area contributed by atoms with Crippen LogP contribution in [0.1, 0.15) is 16.2 Å². The lowest BCUT2D eigenvalue weighted by Gasteiger charge is -2.23. The molecule has 3 rings (SSSR count). The van der Waals surface area contributed by atoms with Gasteiger partial charge in [0.2, 0.25) is 5.82 Å². The molecule has 10 nitrogen and oxygen atoms in total. The van der Waals surface area contributed by atoms with E-state index >= 15 is 0 Å². The predicted octanol–water partition coefficient (Wildman–Crippen LogP) is 0.105. The Labute approximate surface area is 118 Å². The zero-order chi connectivity index (χ0) is 15.0. The maximum atomic E-state index is 12.3. The highest BCUT2D eigenvalue weighted by atomic mass is 31.2. The van der Waals surface area contributed by atoms with Gasteiger partial charge in [-0.05, 0) is 18.2 Å². The van der Waals surface area contributed by atoms with Crippen LogP contribution in [0.25, 0.3) is 0 Å². The summed E-state index contributed by atoms with van der Waals surface area (Å²) in [5, 5.41) is 3.58. The van der Waals surface area contributed by atoms with E-state index in [2.05, 4.69) is 10.1 Å². The third-order valence-corrected chi connectivity index (χ3v) is 3.78. The molecule has 0 saturated heterocycles. The number of hydrogen-bond acceptors (Lipinski definition) is 8. The standard InChI is InChI=1S/C10H10N5O5P/c11-7-1-2-8-6(3-7)4-18-21(17,19-8)20-15-5-13-10(14-15)9(12)16/h1-3,5H,4,11H2,(H2,12,16). The highest BCUT2D eigenvalue weighted by molar-refractivity contribution is 7.49. The van der Waals surface area contributed by atoms with E-state index in [1.807, 2.05) is 0 Å². The first-order valence-electron chi connectivity index (χ1n) is 5.69. The first-order chi connectivity index (χ1) is 9.95. The van der Waals surface area contributed by atoms with Gasteiger partial charge in [0.05, 0.1) is 6.61 Å². The fourth-order valence-corrected chi connectivity index (χ4v) is 2.77. The Balaban J connectivity index is 1.81. The van der Waals surface area contributed by atoms with Gasteiger partial charge in [-0.2, -0.15) is 0 Å². The van der Waals surface area contributed by atoms with Gasteiger partial charge in [-0.25, -0.2) is 9.55 Å². The van der Waals surface area contributed by atoms with Crippen molar-refractivity contribution in [1.29, 1.82) is 0 Å². The molecule has 0 bridgehead atoms. The number of phosphoric acid groups is 1.